The molecule has 1 atom stereocenters. The Morgan fingerprint density at radius 2 is 1.80 bits per heavy atom. The minimum absolute atomic E-state index is 0.377. The number of hydrogen-bond acceptors (Lipinski definition) is 3. The van der Waals surface area contributed by atoms with Crippen LogP contribution in [0.2, 0.25) is 10.0 Å². The molecule has 130 valence electrons. The van der Waals surface area contributed by atoms with E-state index >= 15 is 0 Å². The molecule has 1 aliphatic rings. The lowest BCUT2D eigenvalue weighted by atomic mass is 9.99. The summed E-state index contributed by atoms with van der Waals surface area (Å²) >= 11 is 11.9. The quantitative estimate of drug-likeness (QED) is 0.801. The van der Waals surface area contributed by atoms with Crippen LogP contribution in [0.3, 0.4) is 0 Å². The molecule has 0 radical (unpaired) electrons. The summed E-state index contributed by atoms with van der Waals surface area (Å²) in [5.41, 5.74) is 0.299. The molecule has 0 aromatic heterocycles. The lowest BCUT2D eigenvalue weighted by Gasteiger charge is -2.38. The normalized spacial score (nSPS) is 19.2. The largest absolute Gasteiger partial charge is 0.465 e. The van der Waals surface area contributed by atoms with E-state index in [4.69, 9.17) is 27.9 Å². The van der Waals surface area contributed by atoms with Gasteiger partial charge in [0.05, 0.1) is 5.69 Å². The third-order valence-electron chi connectivity index (χ3n) is 4.06. The Morgan fingerprint density at radius 3 is 2.44 bits per heavy atom. The monoisotopic (exact) mass is 378 g/mol. The van der Waals surface area contributed by atoms with E-state index < -0.39 is 17.4 Å². The summed E-state index contributed by atoms with van der Waals surface area (Å²) in [4.78, 5) is 27.0. The van der Waals surface area contributed by atoms with Crippen molar-refractivity contribution in [3.05, 3.63) is 52.0 Å². The third kappa shape index (κ3) is 3.17. The fourth-order valence-corrected chi connectivity index (χ4v) is 3.21. The molecule has 0 fully saturated rings. The average Bonchev–Trinajstić information content (AvgIpc) is 2.52. The molecule has 7 heteroatoms. The number of amides is 2. The number of benzene rings is 2. The lowest BCUT2D eigenvalue weighted by molar-refractivity contribution is -0.144. The van der Waals surface area contributed by atoms with Gasteiger partial charge in [-0.1, -0.05) is 29.3 Å². The molecule has 25 heavy (non-hydrogen) atoms. The Kier molecular flexibility index (Phi) is 4.39. The number of carbonyl (C=O) groups excluding carboxylic acids is 2. The summed E-state index contributed by atoms with van der Waals surface area (Å²) in [7, 11) is 1.62. The van der Waals surface area contributed by atoms with Crippen LogP contribution in [0.15, 0.2) is 36.4 Å². The van der Waals surface area contributed by atoms with Crippen molar-refractivity contribution in [1.82, 2.24) is 0 Å². The Balaban J connectivity index is 1.93. The number of carbonyl (C=O) groups is 2. The van der Waals surface area contributed by atoms with E-state index in [0.29, 0.717) is 27.2 Å². The van der Waals surface area contributed by atoms with E-state index in [9.17, 15) is 9.59 Å². The van der Waals surface area contributed by atoms with Gasteiger partial charge < -0.3 is 15.0 Å². The summed E-state index contributed by atoms with van der Waals surface area (Å²) in [6.07, 6.45) is 0. The Morgan fingerprint density at radius 1 is 1.16 bits per heavy atom. The van der Waals surface area contributed by atoms with Gasteiger partial charge in [-0.2, -0.15) is 0 Å². The third-order valence-corrected chi connectivity index (χ3v) is 4.49. The molecule has 2 amide bonds. The van der Waals surface area contributed by atoms with Crippen LogP contribution in [0.1, 0.15) is 12.5 Å². The summed E-state index contributed by atoms with van der Waals surface area (Å²) in [5, 5.41) is 3.40. The van der Waals surface area contributed by atoms with E-state index in [1.54, 1.807) is 31.3 Å². The highest BCUT2D eigenvalue weighted by molar-refractivity contribution is 6.35. The van der Waals surface area contributed by atoms with Gasteiger partial charge in [-0.3, -0.25) is 9.59 Å². The maximum Gasteiger partial charge on any atom is 0.280 e. The van der Waals surface area contributed by atoms with E-state index in [1.807, 2.05) is 19.1 Å². The van der Waals surface area contributed by atoms with Crippen molar-refractivity contribution in [2.75, 3.05) is 17.3 Å². The molecule has 1 aliphatic heterocycles. The second-order valence-electron chi connectivity index (χ2n) is 6.08. The van der Waals surface area contributed by atoms with Crippen molar-refractivity contribution in [3.8, 4) is 5.75 Å². The van der Waals surface area contributed by atoms with Gasteiger partial charge in [0.1, 0.15) is 5.75 Å². The fraction of sp³-hybridized carbons (Fsp3) is 0.222. The van der Waals surface area contributed by atoms with Gasteiger partial charge in [-0.15, -0.1) is 0 Å². The maximum absolute atomic E-state index is 12.8. The van der Waals surface area contributed by atoms with Crippen molar-refractivity contribution >= 4 is 46.4 Å². The Hall–Kier alpha value is -2.24. The molecule has 1 unspecified atom stereocenters. The van der Waals surface area contributed by atoms with Crippen molar-refractivity contribution in [3.63, 3.8) is 0 Å². The van der Waals surface area contributed by atoms with Crippen LogP contribution in [0.5, 0.6) is 5.75 Å². The predicted octanol–water partition coefficient (Wildman–Crippen LogP) is 4.05. The van der Waals surface area contributed by atoms with Crippen LogP contribution in [0.4, 0.5) is 11.4 Å². The first kappa shape index (κ1) is 17.6. The molecule has 0 bridgehead atoms. The highest BCUT2D eigenvalue weighted by Gasteiger charge is 2.49. The number of rotatable bonds is 2. The fourth-order valence-electron chi connectivity index (χ4n) is 2.69. The van der Waals surface area contributed by atoms with E-state index in [2.05, 4.69) is 5.32 Å². The second-order valence-corrected chi connectivity index (χ2v) is 6.96. The van der Waals surface area contributed by atoms with Gasteiger partial charge in [0.2, 0.25) is 0 Å². The van der Waals surface area contributed by atoms with Gasteiger partial charge in [-0.25, -0.2) is 0 Å². The number of nitrogens with zero attached hydrogens (tertiary/aromatic N) is 1. The van der Waals surface area contributed by atoms with Crippen LogP contribution >= 0.6 is 23.2 Å². The number of fused-ring (bicyclic) bond motifs is 1. The number of hydrogen-bond donors (Lipinski definition) is 1. The zero-order valence-corrected chi connectivity index (χ0v) is 15.4. The summed E-state index contributed by atoms with van der Waals surface area (Å²) in [5.74, 6) is -0.598. The molecule has 3 rings (SSSR count). The van der Waals surface area contributed by atoms with Gasteiger partial charge in [-0.05, 0) is 49.7 Å². The molecule has 0 spiro atoms. The topological polar surface area (TPSA) is 58.6 Å². The van der Waals surface area contributed by atoms with Gasteiger partial charge in [0.15, 0.2) is 0 Å². The number of halogens is 2. The first-order valence-corrected chi connectivity index (χ1v) is 8.31. The number of ether oxygens (including phenoxy) is 1. The van der Waals surface area contributed by atoms with Gasteiger partial charge >= 0.3 is 0 Å². The van der Waals surface area contributed by atoms with Crippen LogP contribution < -0.4 is 15.0 Å². The number of nitrogens with one attached hydrogen (secondary N) is 1. The van der Waals surface area contributed by atoms with E-state index in [0.717, 1.165) is 5.56 Å². The highest BCUT2D eigenvalue weighted by atomic mass is 35.5. The first-order valence-electron chi connectivity index (χ1n) is 7.56. The second kappa shape index (κ2) is 6.24. The SMILES string of the molecule is Cc1ccc2c(c1)N(C)C(=O)C(C)(C(=O)Nc1cc(Cl)cc(Cl)c1)O2. The van der Waals surface area contributed by atoms with Gasteiger partial charge in [0.25, 0.3) is 17.4 Å². The molecule has 2 aromatic rings. The standard InChI is InChI=1S/C18H16Cl2N2O3/c1-10-4-5-15-14(6-10)22(3)17(24)18(2,25-15)16(23)21-13-8-11(19)7-12(20)9-13/h4-9H,1-3H3,(H,21,23). The van der Waals surface area contributed by atoms with Crippen molar-refractivity contribution in [2.45, 2.75) is 19.4 Å². The smallest absolute Gasteiger partial charge is 0.280 e. The highest BCUT2D eigenvalue weighted by Crippen LogP contribution is 2.38. The molecular formula is C18H16Cl2N2O3. The minimum atomic E-state index is -1.70. The molecule has 0 aliphatic carbocycles. The Bertz CT molecular complexity index is 864. The molecule has 5 nitrogen and oxygen atoms in total. The van der Waals surface area contributed by atoms with E-state index in [1.165, 1.54) is 11.8 Å². The van der Waals surface area contributed by atoms with Crippen molar-refractivity contribution in [2.24, 2.45) is 0 Å². The molecule has 1 N–H and O–H groups in total. The van der Waals surface area contributed by atoms with Crippen molar-refractivity contribution in [1.29, 1.82) is 0 Å². The summed E-state index contributed by atoms with van der Waals surface area (Å²) in [6, 6.07) is 10.1. The van der Waals surface area contributed by atoms with Gasteiger partial charge in [0, 0.05) is 22.8 Å². The summed E-state index contributed by atoms with van der Waals surface area (Å²) < 4.78 is 5.78. The van der Waals surface area contributed by atoms with Crippen LogP contribution in [0.25, 0.3) is 0 Å². The van der Waals surface area contributed by atoms with Crippen LogP contribution in [-0.4, -0.2) is 24.5 Å². The zero-order valence-electron chi connectivity index (χ0n) is 13.9. The van der Waals surface area contributed by atoms with Crippen LogP contribution in [0, 0.1) is 6.92 Å². The van der Waals surface area contributed by atoms with E-state index in [-0.39, 0.29) is 0 Å². The number of aryl methyl sites for hydroxylation is 1. The zero-order chi connectivity index (χ0) is 18.4. The lowest BCUT2D eigenvalue weighted by Crippen LogP contribution is -2.59. The number of likely N-dealkylation sites (N-methyl/N-ethyl adjacent to an activating group) is 1. The number of anilines is 2. The molecule has 2 aromatic carbocycles. The molecule has 0 saturated carbocycles. The minimum Gasteiger partial charge on any atom is -0.465 e. The predicted molar refractivity (Wildman–Crippen MR) is 98.7 cm³/mol. The first-order chi connectivity index (χ1) is 11.7. The maximum atomic E-state index is 12.8. The molecular weight excluding hydrogens is 363 g/mol. The molecule has 1 heterocycles. The van der Waals surface area contributed by atoms with Crippen LogP contribution in [-0.2, 0) is 9.59 Å². The Labute approximate surface area is 155 Å². The molecule has 0 saturated heterocycles. The van der Waals surface area contributed by atoms with Crippen molar-refractivity contribution < 1.29 is 14.3 Å². The average molecular weight is 379 g/mol. The summed E-state index contributed by atoms with van der Waals surface area (Å²) in [6.45, 7) is 3.36.